The highest BCUT2D eigenvalue weighted by Crippen LogP contribution is 2.28. The van der Waals surface area contributed by atoms with E-state index in [-0.39, 0.29) is 34.3 Å². The zero-order valence-corrected chi connectivity index (χ0v) is 28.3. The van der Waals surface area contributed by atoms with Crippen LogP contribution in [0.4, 0.5) is 11.4 Å². The number of carbonyl (C=O) groups excluding carboxylic acids is 2. The molecule has 0 saturated heterocycles. The van der Waals surface area contributed by atoms with Crippen LogP contribution in [0.2, 0.25) is 10.0 Å². The lowest BCUT2D eigenvalue weighted by molar-refractivity contribution is -0.384. The molecule has 47 heavy (non-hydrogen) atoms. The summed E-state index contributed by atoms with van der Waals surface area (Å²) in [5, 5.41) is 14.9. The van der Waals surface area contributed by atoms with Gasteiger partial charge in [0.2, 0.25) is 11.8 Å². The van der Waals surface area contributed by atoms with E-state index in [2.05, 4.69) is 5.32 Å². The fraction of sp³-hybridized carbons (Fsp3) is 0.235. The number of anilines is 1. The van der Waals surface area contributed by atoms with Crippen molar-refractivity contribution in [2.45, 2.75) is 50.2 Å². The number of nitrogens with zero attached hydrogens (tertiary/aromatic N) is 3. The first-order valence-corrected chi connectivity index (χ1v) is 16.8. The molecule has 0 aliphatic carbocycles. The number of nitro groups is 1. The molecule has 0 saturated carbocycles. The van der Waals surface area contributed by atoms with Crippen molar-refractivity contribution >= 4 is 56.4 Å². The minimum absolute atomic E-state index is 0.0241. The van der Waals surface area contributed by atoms with Gasteiger partial charge in [-0.25, -0.2) is 8.42 Å². The molecule has 1 N–H and O–H groups in total. The largest absolute Gasteiger partial charge is 0.350 e. The maximum atomic E-state index is 14.5. The second-order valence-corrected chi connectivity index (χ2v) is 14.5. The predicted octanol–water partition coefficient (Wildman–Crippen LogP) is 6.65. The third-order valence-corrected chi connectivity index (χ3v) is 9.46. The molecular formula is C34H34Cl2N4O6S. The van der Waals surface area contributed by atoms with Gasteiger partial charge in [0.05, 0.1) is 15.5 Å². The number of non-ortho nitro benzene ring substituents is 1. The average Bonchev–Trinajstić information content (AvgIpc) is 3.02. The minimum atomic E-state index is -4.36. The summed E-state index contributed by atoms with van der Waals surface area (Å²) >= 11 is 12.7. The molecule has 4 rings (SSSR count). The number of nitro benzene ring substituents is 1. The van der Waals surface area contributed by atoms with Crippen LogP contribution in [0, 0.1) is 10.1 Å². The highest BCUT2D eigenvalue weighted by Gasteiger charge is 2.36. The Hall–Kier alpha value is -4.45. The molecule has 0 aliphatic heterocycles. The Kier molecular flexibility index (Phi) is 11.3. The van der Waals surface area contributed by atoms with Crippen LogP contribution >= 0.6 is 23.2 Å². The number of hydrogen-bond donors (Lipinski definition) is 1. The van der Waals surface area contributed by atoms with Crippen LogP contribution < -0.4 is 9.62 Å². The van der Waals surface area contributed by atoms with Crippen LogP contribution in [-0.2, 0) is 32.6 Å². The van der Waals surface area contributed by atoms with Gasteiger partial charge >= 0.3 is 0 Å². The second kappa shape index (κ2) is 15.0. The topological polar surface area (TPSA) is 130 Å². The van der Waals surface area contributed by atoms with E-state index in [1.807, 2.05) is 51.1 Å². The van der Waals surface area contributed by atoms with Crippen molar-refractivity contribution in [2.75, 3.05) is 10.8 Å². The monoisotopic (exact) mass is 696 g/mol. The molecule has 10 nitrogen and oxygen atoms in total. The highest BCUT2D eigenvalue weighted by atomic mass is 35.5. The van der Waals surface area contributed by atoms with Crippen molar-refractivity contribution in [1.82, 2.24) is 10.2 Å². The van der Waals surface area contributed by atoms with Crippen LogP contribution in [0.5, 0.6) is 0 Å². The summed E-state index contributed by atoms with van der Waals surface area (Å²) in [6.07, 6.45) is 0.114. The van der Waals surface area contributed by atoms with Crippen molar-refractivity contribution in [1.29, 1.82) is 0 Å². The summed E-state index contributed by atoms with van der Waals surface area (Å²) in [5.74, 6) is -1.16. The van der Waals surface area contributed by atoms with Crippen LogP contribution in [0.25, 0.3) is 0 Å². The van der Waals surface area contributed by atoms with Crippen LogP contribution in [0.1, 0.15) is 31.9 Å². The second-order valence-electron chi connectivity index (χ2n) is 11.8. The third-order valence-electron chi connectivity index (χ3n) is 7.08. The van der Waals surface area contributed by atoms with Gasteiger partial charge in [-0.3, -0.25) is 24.0 Å². The van der Waals surface area contributed by atoms with Crippen molar-refractivity contribution in [2.24, 2.45) is 0 Å². The van der Waals surface area contributed by atoms with Crippen molar-refractivity contribution in [3.8, 4) is 0 Å². The number of rotatable bonds is 12. The number of benzene rings is 4. The third kappa shape index (κ3) is 9.31. The Morgan fingerprint density at radius 1 is 0.894 bits per heavy atom. The molecule has 1 atom stereocenters. The lowest BCUT2D eigenvalue weighted by Gasteiger charge is -2.35. The number of halogens is 2. The SMILES string of the molecule is CC(C)(C)NC(=O)[C@@H](Cc1ccccc1)N(Cc1ccc(Cl)cc1Cl)C(=O)CN(c1ccc([N+](=O)[O-])cc1)S(=O)(=O)c1ccccc1. The van der Waals surface area contributed by atoms with Crippen molar-refractivity contribution in [3.05, 3.63) is 134 Å². The summed E-state index contributed by atoms with van der Waals surface area (Å²) in [7, 11) is -4.36. The number of amides is 2. The lowest BCUT2D eigenvalue weighted by atomic mass is 10.0. The van der Waals surface area contributed by atoms with E-state index in [0.29, 0.717) is 10.6 Å². The van der Waals surface area contributed by atoms with Gasteiger partial charge in [-0.05, 0) is 68.3 Å². The van der Waals surface area contributed by atoms with Crippen molar-refractivity contribution < 1.29 is 22.9 Å². The Morgan fingerprint density at radius 2 is 1.49 bits per heavy atom. The molecule has 13 heteroatoms. The fourth-order valence-electron chi connectivity index (χ4n) is 4.83. The zero-order valence-electron chi connectivity index (χ0n) is 26.0. The smallest absolute Gasteiger partial charge is 0.269 e. The first-order valence-electron chi connectivity index (χ1n) is 14.6. The molecule has 0 heterocycles. The number of carbonyl (C=O) groups is 2. The molecule has 2 amide bonds. The lowest BCUT2D eigenvalue weighted by Crippen LogP contribution is -2.56. The van der Waals surface area contributed by atoms with Gasteiger partial charge in [-0.2, -0.15) is 0 Å². The van der Waals surface area contributed by atoms with Gasteiger partial charge < -0.3 is 10.2 Å². The van der Waals surface area contributed by atoms with E-state index in [4.69, 9.17) is 23.2 Å². The summed E-state index contributed by atoms with van der Waals surface area (Å²) in [6.45, 7) is 4.57. The molecule has 0 bridgehead atoms. The average molecular weight is 698 g/mol. The molecular weight excluding hydrogens is 663 g/mol. The molecule has 0 fully saturated rings. The molecule has 246 valence electrons. The molecule has 0 spiro atoms. The first-order chi connectivity index (χ1) is 22.2. The molecule has 0 radical (unpaired) electrons. The van der Waals surface area contributed by atoms with Gasteiger partial charge in [0, 0.05) is 40.7 Å². The summed E-state index contributed by atoms with van der Waals surface area (Å²) in [4.78, 5) is 40.4. The maximum Gasteiger partial charge on any atom is 0.269 e. The van der Waals surface area contributed by atoms with Crippen LogP contribution in [0.3, 0.4) is 0 Å². The van der Waals surface area contributed by atoms with E-state index < -0.39 is 44.9 Å². The van der Waals surface area contributed by atoms with Crippen LogP contribution in [-0.4, -0.2) is 48.2 Å². The molecule has 4 aromatic rings. The van der Waals surface area contributed by atoms with E-state index in [0.717, 1.165) is 22.0 Å². The van der Waals surface area contributed by atoms with Gasteiger partial charge in [0.15, 0.2) is 0 Å². The Balaban J connectivity index is 1.84. The molecule has 0 unspecified atom stereocenters. The van der Waals surface area contributed by atoms with Gasteiger partial charge in [0.1, 0.15) is 12.6 Å². The molecule has 0 aliphatic rings. The summed E-state index contributed by atoms with van der Waals surface area (Å²) in [5.41, 5.74) is 0.374. The van der Waals surface area contributed by atoms with Gasteiger partial charge in [0.25, 0.3) is 15.7 Å². The minimum Gasteiger partial charge on any atom is -0.350 e. The standard InChI is InChI=1S/C34H34Cl2N4O6S/c1-34(2,3)37-33(42)31(20-24-10-6-4-7-11-24)38(22-25-14-15-26(35)21-30(25)36)32(41)23-39(27-16-18-28(19-17-27)40(43)44)47(45,46)29-12-8-5-9-13-29/h4-19,21,31H,20,22-23H2,1-3H3,(H,37,42)/t31-/m1/s1. The van der Waals surface area contributed by atoms with Gasteiger partial charge in [-0.15, -0.1) is 0 Å². The quantitative estimate of drug-likeness (QED) is 0.130. The first kappa shape index (κ1) is 35.4. The number of hydrogen-bond acceptors (Lipinski definition) is 6. The summed E-state index contributed by atoms with van der Waals surface area (Å²) in [6, 6.07) is 25.2. The Morgan fingerprint density at radius 3 is 2.04 bits per heavy atom. The van der Waals surface area contributed by atoms with E-state index in [1.165, 1.54) is 35.2 Å². The highest BCUT2D eigenvalue weighted by molar-refractivity contribution is 7.92. The fourth-order valence-corrected chi connectivity index (χ4v) is 6.73. The number of sulfonamides is 1. The van der Waals surface area contributed by atoms with Crippen LogP contribution in [0.15, 0.2) is 108 Å². The van der Waals surface area contributed by atoms with Crippen molar-refractivity contribution in [3.63, 3.8) is 0 Å². The Bertz CT molecular complexity index is 1830. The van der Waals surface area contributed by atoms with E-state index in [1.54, 1.807) is 30.3 Å². The normalized spacial score (nSPS) is 12.2. The maximum absolute atomic E-state index is 14.5. The van der Waals surface area contributed by atoms with Gasteiger partial charge in [-0.1, -0.05) is 77.8 Å². The summed E-state index contributed by atoms with van der Waals surface area (Å²) < 4.78 is 29.0. The Labute approximate surface area is 284 Å². The molecule has 0 aromatic heterocycles. The predicted molar refractivity (Wildman–Crippen MR) is 183 cm³/mol. The van der Waals surface area contributed by atoms with E-state index in [9.17, 15) is 28.1 Å². The van der Waals surface area contributed by atoms with E-state index >= 15 is 0 Å². The number of nitrogens with one attached hydrogen (secondary N) is 1. The zero-order chi connectivity index (χ0) is 34.4. The molecule has 4 aromatic carbocycles.